The second-order valence-corrected chi connectivity index (χ2v) is 5.41. The molecule has 1 fully saturated rings. The van der Waals surface area contributed by atoms with E-state index in [1.54, 1.807) is 0 Å². The molecule has 1 aliphatic heterocycles. The Morgan fingerprint density at radius 1 is 1.28 bits per heavy atom. The minimum atomic E-state index is -0.330. The molecule has 1 aromatic carbocycles. The molecule has 0 radical (unpaired) electrons. The SMILES string of the molecule is CC(C)C.Cc1cccc([C@H]2OC(=O)N[C@H]2C)c1. The average molecular weight is 249 g/mol. The number of ether oxygens (including phenoxy) is 1. The van der Waals surface area contributed by atoms with Crippen molar-refractivity contribution in [2.45, 2.75) is 46.8 Å². The van der Waals surface area contributed by atoms with E-state index in [1.807, 2.05) is 38.1 Å². The van der Waals surface area contributed by atoms with Gasteiger partial charge in [-0.05, 0) is 25.3 Å². The molecule has 3 heteroatoms. The van der Waals surface area contributed by atoms with Crippen LogP contribution in [0.2, 0.25) is 0 Å². The fraction of sp³-hybridized carbons (Fsp3) is 0.533. The molecule has 1 heterocycles. The number of cyclic esters (lactones) is 1. The molecule has 100 valence electrons. The topological polar surface area (TPSA) is 38.3 Å². The summed E-state index contributed by atoms with van der Waals surface area (Å²) < 4.78 is 5.16. The van der Waals surface area contributed by atoms with Crippen molar-refractivity contribution >= 4 is 6.09 Å². The highest BCUT2D eigenvalue weighted by atomic mass is 16.6. The lowest BCUT2D eigenvalue weighted by Gasteiger charge is -2.13. The zero-order valence-electron chi connectivity index (χ0n) is 11.9. The Morgan fingerprint density at radius 3 is 2.33 bits per heavy atom. The number of alkyl carbamates (subject to hydrolysis) is 1. The van der Waals surface area contributed by atoms with E-state index >= 15 is 0 Å². The van der Waals surface area contributed by atoms with Crippen molar-refractivity contribution in [3.8, 4) is 0 Å². The van der Waals surface area contributed by atoms with E-state index < -0.39 is 0 Å². The summed E-state index contributed by atoms with van der Waals surface area (Å²) in [6, 6.07) is 8.07. The van der Waals surface area contributed by atoms with Gasteiger partial charge in [0.25, 0.3) is 0 Å². The molecular weight excluding hydrogens is 226 g/mol. The monoisotopic (exact) mass is 249 g/mol. The Kier molecular flexibility index (Phi) is 5.20. The van der Waals surface area contributed by atoms with E-state index in [4.69, 9.17) is 4.74 Å². The predicted octanol–water partition coefficient (Wildman–Crippen LogP) is 3.83. The highest BCUT2D eigenvalue weighted by Gasteiger charge is 2.31. The second kappa shape index (κ2) is 6.43. The number of hydrogen-bond donors (Lipinski definition) is 1. The third kappa shape index (κ3) is 4.40. The van der Waals surface area contributed by atoms with Crippen LogP contribution in [0, 0.1) is 12.8 Å². The van der Waals surface area contributed by atoms with Crippen molar-refractivity contribution in [2.24, 2.45) is 5.92 Å². The van der Waals surface area contributed by atoms with Crippen LogP contribution in [0.3, 0.4) is 0 Å². The zero-order chi connectivity index (χ0) is 13.7. The molecule has 0 aromatic heterocycles. The first-order valence-corrected chi connectivity index (χ1v) is 6.44. The van der Waals surface area contributed by atoms with Crippen molar-refractivity contribution in [2.75, 3.05) is 0 Å². The smallest absolute Gasteiger partial charge is 0.408 e. The lowest BCUT2D eigenvalue weighted by Crippen LogP contribution is -2.23. The molecule has 0 saturated carbocycles. The molecule has 1 saturated heterocycles. The Labute approximate surface area is 110 Å². The normalized spacial score (nSPS) is 22.0. The van der Waals surface area contributed by atoms with Crippen LogP contribution < -0.4 is 5.32 Å². The van der Waals surface area contributed by atoms with E-state index in [0.717, 1.165) is 11.5 Å². The molecule has 2 atom stereocenters. The summed E-state index contributed by atoms with van der Waals surface area (Å²) in [6.07, 6.45) is -0.480. The molecule has 0 bridgehead atoms. The first-order chi connectivity index (χ1) is 8.40. The summed E-state index contributed by atoms with van der Waals surface area (Å²) in [4.78, 5) is 11.0. The minimum absolute atomic E-state index is 0.0456. The molecule has 1 aromatic rings. The van der Waals surface area contributed by atoms with E-state index in [0.29, 0.717) is 0 Å². The third-order valence-electron chi connectivity index (χ3n) is 2.40. The van der Waals surface area contributed by atoms with Gasteiger partial charge < -0.3 is 10.1 Å². The number of hydrogen-bond acceptors (Lipinski definition) is 2. The number of aryl methyl sites for hydroxylation is 1. The van der Waals surface area contributed by atoms with Crippen LogP contribution in [0.15, 0.2) is 24.3 Å². The van der Waals surface area contributed by atoms with Gasteiger partial charge >= 0.3 is 6.09 Å². The molecule has 1 N–H and O–H groups in total. The maximum Gasteiger partial charge on any atom is 0.408 e. The van der Waals surface area contributed by atoms with Gasteiger partial charge in [-0.15, -0.1) is 0 Å². The molecule has 2 rings (SSSR count). The molecule has 0 spiro atoms. The van der Waals surface area contributed by atoms with Crippen LogP contribution in [0.25, 0.3) is 0 Å². The maximum atomic E-state index is 11.0. The predicted molar refractivity (Wildman–Crippen MR) is 73.5 cm³/mol. The highest BCUT2D eigenvalue weighted by Crippen LogP contribution is 2.26. The summed E-state index contributed by atoms with van der Waals surface area (Å²) in [5, 5.41) is 2.72. The number of rotatable bonds is 1. The minimum Gasteiger partial charge on any atom is -0.439 e. The van der Waals surface area contributed by atoms with E-state index in [9.17, 15) is 4.79 Å². The Bertz CT molecular complexity index is 398. The second-order valence-electron chi connectivity index (χ2n) is 5.41. The van der Waals surface area contributed by atoms with Crippen LogP contribution >= 0.6 is 0 Å². The highest BCUT2D eigenvalue weighted by molar-refractivity contribution is 5.70. The first-order valence-electron chi connectivity index (χ1n) is 6.44. The summed E-state index contributed by atoms with van der Waals surface area (Å²) in [5.41, 5.74) is 2.23. The lowest BCUT2D eigenvalue weighted by molar-refractivity contribution is 0.134. The average Bonchev–Trinajstić information content (AvgIpc) is 2.57. The van der Waals surface area contributed by atoms with Gasteiger partial charge in [-0.1, -0.05) is 50.6 Å². The summed E-state index contributed by atoms with van der Waals surface area (Å²) >= 11 is 0. The fourth-order valence-electron chi connectivity index (χ4n) is 1.72. The van der Waals surface area contributed by atoms with Crippen molar-refractivity contribution in [1.29, 1.82) is 0 Å². The number of carbonyl (C=O) groups excluding carboxylic acids is 1. The quantitative estimate of drug-likeness (QED) is 0.821. The number of benzene rings is 1. The first kappa shape index (κ1) is 14.6. The molecule has 1 aliphatic rings. The fourth-order valence-corrected chi connectivity index (χ4v) is 1.72. The van der Waals surface area contributed by atoms with E-state index in [-0.39, 0.29) is 18.2 Å². The summed E-state index contributed by atoms with van der Waals surface area (Å²) in [7, 11) is 0. The molecule has 18 heavy (non-hydrogen) atoms. The van der Waals surface area contributed by atoms with Gasteiger partial charge in [-0.3, -0.25) is 0 Å². The van der Waals surface area contributed by atoms with Crippen LogP contribution in [-0.4, -0.2) is 12.1 Å². The van der Waals surface area contributed by atoms with Crippen molar-refractivity contribution in [3.63, 3.8) is 0 Å². The number of amides is 1. The van der Waals surface area contributed by atoms with E-state index in [1.165, 1.54) is 5.56 Å². The summed E-state index contributed by atoms with van der Waals surface area (Å²) in [6.45, 7) is 10.5. The van der Waals surface area contributed by atoms with Gasteiger partial charge in [0.2, 0.25) is 0 Å². The number of nitrogens with one attached hydrogen (secondary N) is 1. The Morgan fingerprint density at radius 2 is 1.89 bits per heavy atom. The molecule has 1 amide bonds. The Balaban J connectivity index is 0.000000357. The lowest BCUT2D eigenvalue weighted by atomic mass is 10.0. The number of carbonyl (C=O) groups is 1. The van der Waals surface area contributed by atoms with Gasteiger partial charge in [0.1, 0.15) is 6.10 Å². The molecule has 0 aliphatic carbocycles. The van der Waals surface area contributed by atoms with Crippen LogP contribution in [0.1, 0.15) is 44.9 Å². The van der Waals surface area contributed by atoms with Gasteiger partial charge in [-0.25, -0.2) is 4.79 Å². The van der Waals surface area contributed by atoms with Crippen LogP contribution in [0.5, 0.6) is 0 Å². The largest absolute Gasteiger partial charge is 0.439 e. The summed E-state index contributed by atoms with van der Waals surface area (Å²) in [5.74, 6) is 0.833. The van der Waals surface area contributed by atoms with Crippen molar-refractivity contribution in [1.82, 2.24) is 5.32 Å². The molecule has 0 unspecified atom stereocenters. The van der Waals surface area contributed by atoms with Gasteiger partial charge in [0.05, 0.1) is 6.04 Å². The van der Waals surface area contributed by atoms with Crippen molar-refractivity contribution in [3.05, 3.63) is 35.4 Å². The van der Waals surface area contributed by atoms with E-state index in [2.05, 4.69) is 26.1 Å². The Hall–Kier alpha value is -1.51. The van der Waals surface area contributed by atoms with Crippen LogP contribution in [0.4, 0.5) is 4.79 Å². The third-order valence-corrected chi connectivity index (χ3v) is 2.40. The standard InChI is InChI=1S/C11H13NO2.C4H10/c1-7-4-3-5-9(6-7)10-8(2)12-11(13)14-10;1-4(2)3/h3-6,8,10H,1-2H3,(H,12,13);4H,1-3H3/t8-,10-;/m0./s1. The maximum absolute atomic E-state index is 11.0. The van der Waals surface area contributed by atoms with Gasteiger partial charge in [-0.2, -0.15) is 0 Å². The van der Waals surface area contributed by atoms with Gasteiger partial charge in [0, 0.05) is 0 Å². The zero-order valence-corrected chi connectivity index (χ0v) is 11.9. The van der Waals surface area contributed by atoms with Gasteiger partial charge in [0.15, 0.2) is 0 Å². The van der Waals surface area contributed by atoms with Crippen molar-refractivity contribution < 1.29 is 9.53 Å². The van der Waals surface area contributed by atoms with Crippen LogP contribution in [-0.2, 0) is 4.74 Å². The molecular formula is C15H23NO2. The molecule has 3 nitrogen and oxygen atoms in total.